The molecule has 1 saturated heterocycles. The maximum atomic E-state index is 14.5. The number of Topliss-reactive ketones (excluding diaryl/α,β-unsaturated/α-hetero) is 1. The van der Waals surface area contributed by atoms with Gasteiger partial charge in [-0.1, -0.05) is 89.3 Å². The zero-order valence-electron chi connectivity index (χ0n) is 28.1. The lowest BCUT2D eigenvalue weighted by molar-refractivity contribution is -0.150. The molecule has 47 heavy (non-hydrogen) atoms. The highest BCUT2D eigenvalue weighted by atomic mass is 35.5. The van der Waals surface area contributed by atoms with Crippen LogP contribution in [-0.2, 0) is 24.0 Å². The molecule has 1 heterocycles. The van der Waals surface area contributed by atoms with E-state index >= 15 is 0 Å². The van der Waals surface area contributed by atoms with Gasteiger partial charge in [-0.2, -0.15) is 0 Å². The number of carboxylic acid groups (broad SMARTS) is 1. The van der Waals surface area contributed by atoms with Gasteiger partial charge in [-0.05, 0) is 60.1 Å². The van der Waals surface area contributed by atoms with Crippen LogP contribution < -0.4 is 10.6 Å². The average Bonchev–Trinajstić information content (AvgIpc) is 3.37. The number of aliphatic carboxylic acids is 1. The largest absolute Gasteiger partial charge is 0.475 e. The van der Waals surface area contributed by atoms with Crippen molar-refractivity contribution in [3.63, 3.8) is 0 Å². The van der Waals surface area contributed by atoms with E-state index in [0.717, 1.165) is 32.1 Å². The predicted molar refractivity (Wildman–Crippen MR) is 179 cm³/mol. The summed E-state index contributed by atoms with van der Waals surface area (Å²) in [4.78, 5) is 67.3. The van der Waals surface area contributed by atoms with Crippen molar-refractivity contribution in [2.75, 3.05) is 6.54 Å². The number of likely N-dealkylation sites (tertiary alicyclic amines) is 1. The molecular formula is C35H49ClN4O7. The maximum absolute atomic E-state index is 14.5. The number of oxime groups is 1. The third-order valence-corrected chi connectivity index (χ3v) is 9.55. The van der Waals surface area contributed by atoms with Gasteiger partial charge in [0.25, 0.3) is 5.78 Å². The van der Waals surface area contributed by atoms with Gasteiger partial charge in [-0.3, -0.25) is 19.2 Å². The number of hydrogen-bond donors (Lipinski definition) is 4. The molecule has 4 N–H and O–H groups in total. The average molecular weight is 673 g/mol. The highest BCUT2D eigenvalue weighted by Gasteiger charge is 2.50. The van der Waals surface area contributed by atoms with E-state index in [2.05, 4.69) is 22.4 Å². The molecule has 1 saturated carbocycles. The summed E-state index contributed by atoms with van der Waals surface area (Å²) >= 11 is 6.19. The molecule has 3 rings (SSSR count). The molecule has 0 bridgehead atoms. The van der Waals surface area contributed by atoms with Gasteiger partial charge >= 0.3 is 5.97 Å². The lowest BCUT2D eigenvalue weighted by atomic mass is 9.81. The van der Waals surface area contributed by atoms with Crippen LogP contribution in [0, 0.1) is 16.7 Å². The van der Waals surface area contributed by atoms with Gasteiger partial charge in [0.05, 0.1) is 5.71 Å². The van der Waals surface area contributed by atoms with E-state index in [1.807, 2.05) is 27.7 Å². The van der Waals surface area contributed by atoms with Gasteiger partial charge in [0.15, 0.2) is 0 Å². The number of rotatable bonds is 13. The quantitative estimate of drug-likeness (QED) is 0.0742. The smallest absolute Gasteiger partial charge is 0.374 e. The summed E-state index contributed by atoms with van der Waals surface area (Å²) in [5, 5.41) is 28.9. The van der Waals surface area contributed by atoms with Crippen LogP contribution in [0.25, 0.3) is 0 Å². The number of nitrogens with one attached hydrogen (secondary N) is 2. The minimum atomic E-state index is -1.71. The number of ketones is 1. The summed E-state index contributed by atoms with van der Waals surface area (Å²) in [7, 11) is 0. The molecule has 1 aromatic carbocycles. The SMILES string of the molecule is C=C(CC)[C@H](NC(=O)[C@@H]1C[C@](C)(C/C(=N\O)c2cccc(Cl)c2)CN1C(=O)[C@@H](NC(=O)CC1CCCCC1)C(C)(C)C)C(=O)C(=O)O. The van der Waals surface area contributed by atoms with Crippen molar-refractivity contribution in [3.8, 4) is 0 Å². The first-order valence-corrected chi connectivity index (χ1v) is 16.7. The summed E-state index contributed by atoms with van der Waals surface area (Å²) in [6.07, 6.45) is 6.06. The minimum absolute atomic E-state index is 0.0564. The summed E-state index contributed by atoms with van der Waals surface area (Å²) in [6, 6.07) is 3.21. The topological polar surface area (TPSA) is 165 Å². The van der Waals surface area contributed by atoms with E-state index in [-0.39, 0.29) is 43.2 Å². The number of carbonyl (C=O) groups excluding carboxylic acids is 4. The Bertz CT molecular complexity index is 1400. The number of nitrogens with zero attached hydrogens (tertiary/aromatic N) is 2. The van der Waals surface area contributed by atoms with E-state index < -0.39 is 52.5 Å². The van der Waals surface area contributed by atoms with Crippen molar-refractivity contribution in [1.82, 2.24) is 15.5 Å². The van der Waals surface area contributed by atoms with Crippen LogP contribution in [0.1, 0.15) is 98.0 Å². The fourth-order valence-corrected chi connectivity index (χ4v) is 6.82. The van der Waals surface area contributed by atoms with Crippen LogP contribution in [0.2, 0.25) is 5.02 Å². The van der Waals surface area contributed by atoms with Crippen LogP contribution in [0.3, 0.4) is 0 Å². The monoisotopic (exact) mass is 672 g/mol. The summed E-state index contributed by atoms with van der Waals surface area (Å²) in [6.45, 7) is 12.9. The van der Waals surface area contributed by atoms with Crippen LogP contribution in [0.4, 0.5) is 0 Å². The Kier molecular flexibility index (Phi) is 12.8. The zero-order valence-corrected chi connectivity index (χ0v) is 28.9. The first-order chi connectivity index (χ1) is 22.0. The molecule has 0 unspecified atom stereocenters. The minimum Gasteiger partial charge on any atom is -0.475 e. The Morgan fingerprint density at radius 2 is 1.79 bits per heavy atom. The highest BCUT2D eigenvalue weighted by Crippen LogP contribution is 2.40. The Balaban J connectivity index is 1.97. The molecule has 2 aliphatic rings. The van der Waals surface area contributed by atoms with E-state index in [1.165, 1.54) is 4.90 Å². The predicted octanol–water partition coefficient (Wildman–Crippen LogP) is 5.12. The molecule has 0 radical (unpaired) electrons. The summed E-state index contributed by atoms with van der Waals surface area (Å²) in [5.74, 6) is -4.11. The molecule has 258 valence electrons. The van der Waals surface area contributed by atoms with Gasteiger partial charge in [0, 0.05) is 30.0 Å². The molecule has 1 aliphatic carbocycles. The van der Waals surface area contributed by atoms with Gasteiger partial charge in [-0.15, -0.1) is 0 Å². The Morgan fingerprint density at radius 1 is 1.13 bits per heavy atom. The maximum Gasteiger partial charge on any atom is 0.374 e. The first-order valence-electron chi connectivity index (χ1n) is 16.3. The molecule has 3 amide bonds. The number of amides is 3. The number of carboxylic acids is 1. The van der Waals surface area contributed by atoms with Gasteiger partial charge in [-0.25, -0.2) is 4.79 Å². The van der Waals surface area contributed by atoms with E-state index in [9.17, 15) is 34.3 Å². The van der Waals surface area contributed by atoms with Crippen LogP contribution in [0.5, 0.6) is 0 Å². The molecular weight excluding hydrogens is 624 g/mol. The second kappa shape index (κ2) is 15.9. The molecule has 1 aromatic rings. The van der Waals surface area contributed by atoms with Crippen LogP contribution >= 0.6 is 11.6 Å². The van der Waals surface area contributed by atoms with Crippen molar-refractivity contribution >= 4 is 46.8 Å². The Labute approximate surface area is 282 Å². The third-order valence-electron chi connectivity index (χ3n) is 9.31. The second-order valence-electron chi connectivity index (χ2n) is 14.4. The Hall–Kier alpha value is -3.73. The third kappa shape index (κ3) is 9.89. The van der Waals surface area contributed by atoms with Crippen molar-refractivity contribution in [3.05, 3.63) is 47.0 Å². The number of carbonyl (C=O) groups is 5. The lowest BCUT2D eigenvalue weighted by Gasteiger charge is -2.36. The number of benzene rings is 1. The fourth-order valence-electron chi connectivity index (χ4n) is 6.63. The normalized spacial score (nSPS) is 21.9. The van der Waals surface area contributed by atoms with Crippen molar-refractivity contribution < 1.29 is 34.3 Å². The molecule has 0 aromatic heterocycles. The molecule has 1 aliphatic heterocycles. The van der Waals surface area contributed by atoms with E-state index in [0.29, 0.717) is 22.7 Å². The molecule has 0 spiro atoms. The Morgan fingerprint density at radius 3 is 2.34 bits per heavy atom. The van der Waals surface area contributed by atoms with Crippen molar-refractivity contribution in [2.24, 2.45) is 21.9 Å². The van der Waals surface area contributed by atoms with Gasteiger partial charge < -0.3 is 25.8 Å². The summed E-state index contributed by atoms with van der Waals surface area (Å²) in [5.41, 5.74) is -0.446. The zero-order chi connectivity index (χ0) is 35.1. The molecule has 12 heteroatoms. The fraction of sp³-hybridized carbons (Fsp3) is 0.600. The van der Waals surface area contributed by atoms with Crippen LogP contribution in [-0.4, -0.2) is 75.1 Å². The standard InChI is InChI=1S/C35H49ClN4O7/c1-7-21(2)28(29(42)33(45)46)38-31(43)26-19-35(6,18-25(39-47)23-14-11-15-24(36)17-23)20-40(26)32(44)30(34(3,4)5)37-27(41)16-22-12-9-8-10-13-22/h11,14-15,17,22,26,28,30,47H,2,7-10,12-13,16,18-20H2,1,3-6H3,(H,37,41)(H,38,43)(H,45,46)/b39-25+/t26-,28-,30+,35-/m0/s1. The van der Waals surface area contributed by atoms with Gasteiger partial charge in [0.1, 0.15) is 18.1 Å². The van der Waals surface area contributed by atoms with Gasteiger partial charge in [0.2, 0.25) is 17.7 Å². The molecule has 4 atom stereocenters. The highest BCUT2D eigenvalue weighted by molar-refractivity contribution is 6.36. The summed E-state index contributed by atoms with van der Waals surface area (Å²) < 4.78 is 0. The lowest BCUT2D eigenvalue weighted by Crippen LogP contribution is -2.59. The number of hydrogen-bond acceptors (Lipinski definition) is 7. The van der Waals surface area contributed by atoms with Crippen LogP contribution in [0.15, 0.2) is 41.6 Å². The number of halogens is 1. The molecule has 2 fully saturated rings. The first kappa shape index (κ1) is 37.7. The van der Waals surface area contributed by atoms with E-state index in [1.54, 1.807) is 31.2 Å². The molecule has 11 nitrogen and oxygen atoms in total. The van der Waals surface area contributed by atoms with Crippen molar-refractivity contribution in [2.45, 2.75) is 111 Å². The van der Waals surface area contributed by atoms with Crippen molar-refractivity contribution in [1.29, 1.82) is 0 Å². The van der Waals surface area contributed by atoms with E-state index in [4.69, 9.17) is 11.6 Å². The second-order valence-corrected chi connectivity index (χ2v) is 14.9.